The normalized spacial score (nSPS) is 14.4. The summed E-state index contributed by atoms with van der Waals surface area (Å²) in [7, 11) is 0. The summed E-state index contributed by atoms with van der Waals surface area (Å²) in [6.07, 6.45) is 0.523. The Labute approximate surface area is 101 Å². The van der Waals surface area contributed by atoms with Crippen LogP contribution in [0.4, 0.5) is 0 Å². The zero-order valence-electron chi connectivity index (χ0n) is 9.26. The van der Waals surface area contributed by atoms with Crippen LogP contribution < -0.4 is 5.32 Å². The van der Waals surface area contributed by atoms with Crippen LogP contribution in [0.5, 0.6) is 0 Å². The van der Waals surface area contributed by atoms with Crippen molar-refractivity contribution in [3.8, 4) is 0 Å². The second kappa shape index (κ2) is 6.55. The van der Waals surface area contributed by atoms with Crippen LogP contribution in [0.2, 0.25) is 0 Å². The summed E-state index contributed by atoms with van der Waals surface area (Å²) < 4.78 is 0. The van der Waals surface area contributed by atoms with Crippen molar-refractivity contribution < 1.29 is 9.90 Å². The van der Waals surface area contributed by atoms with Crippen molar-refractivity contribution in [3.05, 3.63) is 35.9 Å². The number of hydrogen-bond acceptors (Lipinski definition) is 3. The first-order valence-corrected chi connectivity index (χ1v) is 5.93. The van der Waals surface area contributed by atoms with E-state index in [0.717, 1.165) is 5.56 Å². The SMILES string of the molecule is CC(NC(CCS)C(=O)O)c1ccccc1. The van der Waals surface area contributed by atoms with Gasteiger partial charge in [-0.05, 0) is 24.7 Å². The van der Waals surface area contributed by atoms with Gasteiger partial charge in [-0.25, -0.2) is 0 Å². The molecule has 0 aliphatic carbocycles. The Morgan fingerprint density at radius 1 is 1.44 bits per heavy atom. The predicted molar refractivity (Wildman–Crippen MR) is 67.9 cm³/mol. The standard InChI is InChI=1S/C12H17NO2S/c1-9(10-5-3-2-4-6-10)13-11(7-8-16)12(14)15/h2-6,9,11,13,16H,7-8H2,1H3,(H,14,15). The fourth-order valence-corrected chi connectivity index (χ4v) is 1.81. The number of nitrogens with one attached hydrogen (secondary N) is 1. The zero-order valence-corrected chi connectivity index (χ0v) is 10.2. The van der Waals surface area contributed by atoms with E-state index >= 15 is 0 Å². The third-order valence-electron chi connectivity index (χ3n) is 2.47. The first-order valence-electron chi connectivity index (χ1n) is 5.29. The predicted octanol–water partition coefficient (Wildman–Crippen LogP) is 2.11. The van der Waals surface area contributed by atoms with E-state index in [0.29, 0.717) is 12.2 Å². The molecule has 2 atom stereocenters. The van der Waals surface area contributed by atoms with Gasteiger partial charge in [0, 0.05) is 6.04 Å². The molecule has 2 unspecified atom stereocenters. The molecule has 0 aliphatic rings. The minimum atomic E-state index is -0.822. The molecule has 0 spiro atoms. The minimum absolute atomic E-state index is 0.0298. The molecule has 0 aliphatic heterocycles. The Morgan fingerprint density at radius 2 is 2.06 bits per heavy atom. The Bertz CT molecular complexity index is 329. The summed E-state index contributed by atoms with van der Waals surface area (Å²) in [6.45, 7) is 1.96. The van der Waals surface area contributed by atoms with Crippen LogP contribution in [0.15, 0.2) is 30.3 Å². The van der Waals surface area contributed by atoms with Crippen molar-refractivity contribution in [3.63, 3.8) is 0 Å². The quantitative estimate of drug-likeness (QED) is 0.666. The van der Waals surface area contributed by atoms with Gasteiger partial charge in [0.2, 0.25) is 0 Å². The van der Waals surface area contributed by atoms with E-state index in [1.807, 2.05) is 37.3 Å². The molecule has 1 aromatic rings. The van der Waals surface area contributed by atoms with Gasteiger partial charge in [0.05, 0.1) is 0 Å². The van der Waals surface area contributed by atoms with Crippen LogP contribution in [0.1, 0.15) is 24.9 Å². The highest BCUT2D eigenvalue weighted by atomic mass is 32.1. The van der Waals surface area contributed by atoms with Crippen LogP contribution in [0.25, 0.3) is 0 Å². The number of carboxylic acid groups (broad SMARTS) is 1. The van der Waals surface area contributed by atoms with Gasteiger partial charge in [0.25, 0.3) is 0 Å². The van der Waals surface area contributed by atoms with E-state index < -0.39 is 12.0 Å². The molecule has 0 saturated heterocycles. The molecule has 0 amide bonds. The van der Waals surface area contributed by atoms with E-state index in [2.05, 4.69) is 17.9 Å². The first kappa shape index (κ1) is 13.1. The van der Waals surface area contributed by atoms with Crippen LogP contribution in [-0.2, 0) is 4.79 Å². The third-order valence-corrected chi connectivity index (χ3v) is 2.72. The summed E-state index contributed by atoms with van der Waals surface area (Å²) in [4.78, 5) is 11.0. The number of rotatable bonds is 6. The maximum Gasteiger partial charge on any atom is 0.320 e. The molecule has 0 heterocycles. The molecule has 88 valence electrons. The fraction of sp³-hybridized carbons (Fsp3) is 0.417. The zero-order chi connectivity index (χ0) is 12.0. The Morgan fingerprint density at radius 3 is 2.56 bits per heavy atom. The minimum Gasteiger partial charge on any atom is -0.480 e. The molecule has 16 heavy (non-hydrogen) atoms. The van der Waals surface area contributed by atoms with Crippen LogP contribution in [-0.4, -0.2) is 22.9 Å². The first-order chi connectivity index (χ1) is 7.65. The largest absolute Gasteiger partial charge is 0.480 e. The van der Waals surface area contributed by atoms with Gasteiger partial charge in [0.15, 0.2) is 0 Å². The van der Waals surface area contributed by atoms with Gasteiger partial charge < -0.3 is 5.11 Å². The number of carbonyl (C=O) groups is 1. The summed E-state index contributed by atoms with van der Waals surface area (Å²) in [5, 5.41) is 12.1. The molecule has 2 N–H and O–H groups in total. The number of thiol groups is 1. The lowest BCUT2D eigenvalue weighted by molar-refractivity contribution is -0.139. The molecule has 0 fully saturated rings. The molecule has 4 heteroatoms. The average Bonchev–Trinajstić information content (AvgIpc) is 2.29. The Hall–Kier alpha value is -1.00. The van der Waals surface area contributed by atoms with Crippen LogP contribution >= 0.6 is 12.6 Å². The highest BCUT2D eigenvalue weighted by molar-refractivity contribution is 7.80. The maximum absolute atomic E-state index is 11.0. The van der Waals surface area contributed by atoms with Crippen LogP contribution in [0, 0.1) is 0 Å². The summed E-state index contributed by atoms with van der Waals surface area (Å²) in [5.74, 6) is -0.261. The van der Waals surface area contributed by atoms with Gasteiger partial charge in [-0.1, -0.05) is 30.3 Å². The number of benzene rings is 1. The van der Waals surface area contributed by atoms with Crippen molar-refractivity contribution in [1.29, 1.82) is 0 Å². The second-order valence-electron chi connectivity index (χ2n) is 3.70. The lowest BCUT2D eigenvalue weighted by Gasteiger charge is -2.19. The molecular formula is C12H17NO2S. The molecule has 0 bridgehead atoms. The smallest absolute Gasteiger partial charge is 0.320 e. The van der Waals surface area contributed by atoms with Crippen molar-refractivity contribution in [1.82, 2.24) is 5.32 Å². The van der Waals surface area contributed by atoms with Gasteiger partial charge in [0.1, 0.15) is 6.04 Å². The van der Waals surface area contributed by atoms with E-state index in [1.54, 1.807) is 0 Å². The highest BCUT2D eigenvalue weighted by Gasteiger charge is 2.18. The number of carboxylic acids is 1. The average molecular weight is 239 g/mol. The fourth-order valence-electron chi connectivity index (χ4n) is 1.55. The van der Waals surface area contributed by atoms with E-state index in [1.165, 1.54) is 0 Å². The highest BCUT2D eigenvalue weighted by Crippen LogP contribution is 2.13. The Kier molecular flexibility index (Phi) is 5.35. The second-order valence-corrected chi connectivity index (χ2v) is 4.15. The van der Waals surface area contributed by atoms with Crippen molar-refractivity contribution in [2.24, 2.45) is 0 Å². The molecule has 0 aromatic heterocycles. The topological polar surface area (TPSA) is 49.3 Å². The molecule has 0 saturated carbocycles. The van der Waals surface area contributed by atoms with Crippen molar-refractivity contribution in [2.75, 3.05) is 5.75 Å². The lowest BCUT2D eigenvalue weighted by Crippen LogP contribution is -2.38. The molecule has 3 nitrogen and oxygen atoms in total. The third kappa shape index (κ3) is 3.87. The monoisotopic (exact) mass is 239 g/mol. The molecule has 0 radical (unpaired) electrons. The number of hydrogen-bond donors (Lipinski definition) is 3. The molecular weight excluding hydrogens is 222 g/mol. The van der Waals surface area contributed by atoms with E-state index in [4.69, 9.17) is 5.11 Å². The summed E-state index contributed by atoms with van der Waals surface area (Å²) >= 11 is 4.06. The van der Waals surface area contributed by atoms with Gasteiger partial charge in [-0.15, -0.1) is 0 Å². The van der Waals surface area contributed by atoms with Crippen molar-refractivity contribution >= 4 is 18.6 Å². The van der Waals surface area contributed by atoms with Gasteiger partial charge in [-0.3, -0.25) is 10.1 Å². The summed E-state index contributed by atoms with van der Waals surface area (Å²) in [5.41, 5.74) is 1.09. The van der Waals surface area contributed by atoms with Gasteiger partial charge >= 0.3 is 5.97 Å². The molecule has 1 aromatic carbocycles. The lowest BCUT2D eigenvalue weighted by atomic mass is 10.1. The Balaban J connectivity index is 2.61. The molecule has 1 rings (SSSR count). The maximum atomic E-state index is 11.0. The van der Waals surface area contributed by atoms with E-state index in [-0.39, 0.29) is 6.04 Å². The number of aliphatic carboxylic acids is 1. The van der Waals surface area contributed by atoms with Crippen LogP contribution in [0.3, 0.4) is 0 Å². The van der Waals surface area contributed by atoms with Crippen molar-refractivity contribution in [2.45, 2.75) is 25.4 Å². The van der Waals surface area contributed by atoms with E-state index in [9.17, 15) is 4.79 Å². The van der Waals surface area contributed by atoms with Gasteiger partial charge in [-0.2, -0.15) is 12.6 Å². The summed E-state index contributed by atoms with van der Waals surface area (Å²) in [6, 6.07) is 9.30.